The highest BCUT2D eigenvalue weighted by atomic mass is 19.1. The van der Waals surface area contributed by atoms with Crippen LogP contribution < -0.4 is 10.6 Å². The molecule has 6 heteroatoms. The molecule has 0 aliphatic heterocycles. The van der Waals surface area contributed by atoms with Crippen molar-refractivity contribution in [1.82, 2.24) is 4.98 Å². The summed E-state index contributed by atoms with van der Waals surface area (Å²) in [5.41, 5.74) is 1.96. The maximum absolute atomic E-state index is 13.7. The number of carbonyl (C=O) groups is 1. The lowest BCUT2D eigenvalue weighted by Crippen LogP contribution is -2.14. The summed E-state index contributed by atoms with van der Waals surface area (Å²) in [5.74, 6) is -0.814. The molecule has 2 N–H and O–H groups in total. The third-order valence-corrected chi connectivity index (χ3v) is 3.39. The van der Waals surface area contributed by atoms with E-state index in [1.165, 1.54) is 18.3 Å². The monoisotopic (exact) mass is 332 g/mol. The van der Waals surface area contributed by atoms with Crippen molar-refractivity contribution in [3.05, 3.63) is 83.9 Å². The van der Waals surface area contributed by atoms with Crippen LogP contribution >= 0.6 is 0 Å². The van der Waals surface area contributed by atoms with Crippen LogP contribution in [0.3, 0.4) is 0 Å². The molecule has 122 valence electrons. The standard InChI is InChI=1S/C19H13FN4O/c20-16-6-1-2-7-17(16)23-15-8-9-22-18(11-15)19(25)24-14-5-3-4-13(10-14)12-21/h1-11H,(H,22,23)(H,24,25). The van der Waals surface area contributed by atoms with E-state index in [0.29, 0.717) is 22.6 Å². The van der Waals surface area contributed by atoms with Gasteiger partial charge in [-0.2, -0.15) is 5.26 Å². The molecule has 0 fully saturated rings. The third-order valence-electron chi connectivity index (χ3n) is 3.39. The largest absolute Gasteiger partial charge is 0.353 e. The maximum atomic E-state index is 13.7. The van der Waals surface area contributed by atoms with Crippen molar-refractivity contribution in [1.29, 1.82) is 5.26 Å². The number of hydrogen-bond acceptors (Lipinski definition) is 4. The zero-order chi connectivity index (χ0) is 17.6. The van der Waals surface area contributed by atoms with E-state index in [1.807, 2.05) is 6.07 Å². The van der Waals surface area contributed by atoms with Crippen LogP contribution in [0.25, 0.3) is 0 Å². The summed E-state index contributed by atoms with van der Waals surface area (Å²) in [6, 6.07) is 18.0. The molecular formula is C19H13FN4O. The summed E-state index contributed by atoms with van der Waals surface area (Å²) in [6.07, 6.45) is 1.46. The van der Waals surface area contributed by atoms with Gasteiger partial charge in [-0.05, 0) is 42.5 Å². The van der Waals surface area contributed by atoms with E-state index in [-0.39, 0.29) is 5.69 Å². The molecule has 0 saturated heterocycles. The van der Waals surface area contributed by atoms with E-state index in [2.05, 4.69) is 15.6 Å². The van der Waals surface area contributed by atoms with Gasteiger partial charge in [0.15, 0.2) is 0 Å². The Labute approximate surface area is 143 Å². The van der Waals surface area contributed by atoms with Crippen LogP contribution in [0.5, 0.6) is 0 Å². The van der Waals surface area contributed by atoms with Gasteiger partial charge in [0.25, 0.3) is 5.91 Å². The summed E-state index contributed by atoms with van der Waals surface area (Å²) >= 11 is 0. The van der Waals surface area contributed by atoms with Crippen LogP contribution in [0.1, 0.15) is 16.1 Å². The Morgan fingerprint density at radius 2 is 1.88 bits per heavy atom. The van der Waals surface area contributed by atoms with Crippen molar-refractivity contribution in [3.63, 3.8) is 0 Å². The molecule has 0 bridgehead atoms. The molecule has 3 rings (SSSR count). The lowest BCUT2D eigenvalue weighted by Gasteiger charge is -2.09. The lowest BCUT2D eigenvalue weighted by atomic mass is 10.2. The molecule has 1 aromatic heterocycles. The average molecular weight is 332 g/mol. The van der Waals surface area contributed by atoms with E-state index < -0.39 is 11.7 Å². The summed E-state index contributed by atoms with van der Waals surface area (Å²) < 4.78 is 13.7. The van der Waals surface area contributed by atoms with E-state index in [1.54, 1.807) is 48.5 Å². The van der Waals surface area contributed by atoms with Crippen LogP contribution in [0, 0.1) is 17.1 Å². The number of hydrogen-bond donors (Lipinski definition) is 2. The molecule has 1 heterocycles. The molecule has 25 heavy (non-hydrogen) atoms. The van der Waals surface area contributed by atoms with Crippen molar-refractivity contribution in [2.24, 2.45) is 0 Å². The predicted molar refractivity (Wildman–Crippen MR) is 93.0 cm³/mol. The molecule has 0 atom stereocenters. The summed E-state index contributed by atoms with van der Waals surface area (Å²) in [4.78, 5) is 16.4. The number of carbonyl (C=O) groups excluding carboxylic acids is 1. The van der Waals surface area contributed by atoms with Crippen molar-refractivity contribution in [2.75, 3.05) is 10.6 Å². The Morgan fingerprint density at radius 1 is 1.04 bits per heavy atom. The lowest BCUT2D eigenvalue weighted by molar-refractivity contribution is 0.102. The number of nitrogens with one attached hydrogen (secondary N) is 2. The number of nitrogens with zero attached hydrogens (tertiary/aromatic N) is 2. The first kappa shape index (κ1) is 16.1. The highest BCUT2D eigenvalue weighted by molar-refractivity contribution is 6.03. The predicted octanol–water partition coefficient (Wildman–Crippen LogP) is 4.09. The molecule has 0 unspecified atom stereocenters. The van der Waals surface area contributed by atoms with Crippen molar-refractivity contribution >= 4 is 23.0 Å². The minimum absolute atomic E-state index is 0.170. The second kappa shape index (κ2) is 7.23. The smallest absolute Gasteiger partial charge is 0.274 e. The Hall–Kier alpha value is -3.72. The Kier molecular flexibility index (Phi) is 4.67. The maximum Gasteiger partial charge on any atom is 0.274 e. The van der Waals surface area contributed by atoms with Gasteiger partial charge < -0.3 is 10.6 Å². The number of para-hydroxylation sites is 1. The minimum atomic E-state index is -0.424. The third kappa shape index (κ3) is 3.98. The molecular weight excluding hydrogens is 319 g/mol. The van der Waals surface area contributed by atoms with Crippen molar-refractivity contribution in [2.45, 2.75) is 0 Å². The summed E-state index contributed by atoms with van der Waals surface area (Å²) in [6.45, 7) is 0. The molecule has 0 aliphatic carbocycles. The Bertz CT molecular complexity index is 965. The van der Waals surface area contributed by atoms with Gasteiger partial charge in [-0.15, -0.1) is 0 Å². The average Bonchev–Trinajstić information content (AvgIpc) is 2.64. The summed E-state index contributed by atoms with van der Waals surface area (Å²) in [5, 5.41) is 14.5. The zero-order valence-corrected chi connectivity index (χ0v) is 13.0. The first-order valence-corrected chi connectivity index (χ1v) is 7.45. The van der Waals surface area contributed by atoms with Crippen LogP contribution in [-0.4, -0.2) is 10.9 Å². The number of anilines is 3. The van der Waals surface area contributed by atoms with Crippen LogP contribution in [0.2, 0.25) is 0 Å². The Morgan fingerprint density at radius 3 is 2.68 bits per heavy atom. The first-order chi connectivity index (χ1) is 12.2. The van der Waals surface area contributed by atoms with E-state index in [0.717, 1.165) is 0 Å². The number of halogens is 1. The topological polar surface area (TPSA) is 77.8 Å². The van der Waals surface area contributed by atoms with Crippen LogP contribution in [0.4, 0.5) is 21.5 Å². The fourth-order valence-electron chi connectivity index (χ4n) is 2.21. The number of benzene rings is 2. The first-order valence-electron chi connectivity index (χ1n) is 7.45. The fourth-order valence-corrected chi connectivity index (χ4v) is 2.21. The molecule has 0 aliphatic rings. The summed E-state index contributed by atoms with van der Waals surface area (Å²) in [7, 11) is 0. The minimum Gasteiger partial charge on any atom is -0.353 e. The van der Waals surface area contributed by atoms with Gasteiger partial charge in [0.05, 0.1) is 17.3 Å². The van der Waals surface area contributed by atoms with Gasteiger partial charge in [0.2, 0.25) is 0 Å². The van der Waals surface area contributed by atoms with E-state index in [4.69, 9.17) is 5.26 Å². The zero-order valence-electron chi connectivity index (χ0n) is 13.0. The fraction of sp³-hybridized carbons (Fsp3) is 0. The van der Waals surface area contributed by atoms with Gasteiger partial charge in [-0.3, -0.25) is 9.78 Å². The van der Waals surface area contributed by atoms with Gasteiger partial charge in [0.1, 0.15) is 11.5 Å². The number of pyridine rings is 1. The molecule has 5 nitrogen and oxygen atoms in total. The Balaban J connectivity index is 1.77. The van der Waals surface area contributed by atoms with Crippen molar-refractivity contribution in [3.8, 4) is 6.07 Å². The molecule has 3 aromatic rings. The molecule has 1 amide bonds. The van der Waals surface area contributed by atoms with Crippen molar-refractivity contribution < 1.29 is 9.18 Å². The molecule has 0 spiro atoms. The number of amides is 1. The normalized spacial score (nSPS) is 9.92. The highest BCUT2D eigenvalue weighted by Gasteiger charge is 2.10. The second-order valence-electron chi connectivity index (χ2n) is 5.18. The second-order valence-corrected chi connectivity index (χ2v) is 5.18. The van der Waals surface area contributed by atoms with Gasteiger partial charge in [-0.25, -0.2) is 4.39 Å². The number of nitriles is 1. The van der Waals surface area contributed by atoms with E-state index >= 15 is 0 Å². The number of rotatable bonds is 4. The highest BCUT2D eigenvalue weighted by Crippen LogP contribution is 2.20. The molecule has 2 aromatic carbocycles. The van der Waals surface area contributed by atoms with Crippen LogP contribution in [0.15, 0.2) is 66.9 Å². The van der Waals surface area contributed by atoms with Gasteiger partial charge in [-0.1, -0.05) is 18.2 Å². The van der Waals surface area contributed by atoms with E-state index in [9.17, 15) is 9.18 Å². The number of aromatic nitrogens is 1. The SMILES string of the molecule is N#Cc1cccc(NC(=O)c2cc(Nc3ccccc3F)ccn2)c1. The van der Waals surface area contributed by atoms with Gasteiger partial charge >= 0.3 is 0 Å². The molecule has 0 saturated carbocycles. The van der Waals surface area contributed by atoms with Crippen LogP contribution in [-0.2, 0) is 0 Å². The quantitative estimate of drug-likeness (QED) is 0.754. The van der Waals surface area contributed by atoms with Gasteiger partial charge in [0, 0.05) is 17.6 Å². The molecule has 0 radical (unpaired) electrons.